The highest BCUT2D eigenvalue weighted by Gasteiger charge is 2.44. The normalized spacial score (nSPS) is 19.0. The molecular formula is C74H129NO8. The van der Waals surface area contributed by atoms with Crippen LogP contribution in [-0.2, 0) is 14.3 Å². The van der Waals surface area contributed by atoms with E-state index in [0.29, 0.717) is 12.8 Å². The predicted octanol–water partition coefficient (Wildman–Crippen LogP) is 18.9. The number of aliphatic hydroxyl groups excluding tert-OH is 5. The summed E-state index contributed by atoms with van der Waals surface area (Å²) in [5.74, 6) is -0.164. The van der Waals surface area contributed by atoms with Gasteiger partial charge in [0.15, 0.2) is 6.29 Å². The molecule has 83 heavy (non-hydrogen) atoms. The number of nitrogens with one attached hydrogen (secondary N) is 1. The lowest BCUT2D eigenvalue weighted by atomic mass is 9.99. The summed E-state index contributed by atoms with van der Waals surface area (Å²) in [5.41, 5.74) is 0. The number of ether oxygens (including phenoxy) is 2. The van der Waals surface area contributed by atoms with Gasteiger partial charge in [-0.2, -0.15) is 0 Å². The van der Waals surface area contributed by atoms with Crippen molar-refractivity contribution in [3.05, 3.63) is 109 Å². The van der Waals surface area contributed by atoms with Crippen molar-refractivity contribution in [2.75, 3.05) is 13.2 Å². The maximum atomic E-state index is 13.1. The van der Waals surface area contributed by atoms with Gasteiger partial charge in [-0.3, -0.25) is 4.79 Å². The molecule has 1 heterocycles. The largest absolute Gasteiger partial charge is 0.394 e. The second-order valence-electron chi connectivity index (χ2n) is 23.6. The third-order valence-electron chi connectivity index (χ3n) is 15.9. The maximum Gasteiger partial charge on any atom is 0.220 e. The van der Waals surface area contributed by atoms with E-state index < -0.39 is 49.5 Å². The summed E-state index contributed by atoms with van der Waals surface area (Å²) in [5, 5.41) is 54.9. The lowest BCUT2D eigenvalue weighted by Crippen LogP contribution is -2.60. The van der Waals surface area contributed by atoms with E-state index in [1.165, 1.54) is 154 Å². The lowest BCUT2D eigenvalue weighted by Gasteiger charge is -2.40. The van der Waals surface area contributed by atoms with Crippen LogP contribution in [0.5, 0.6) is 0 Å². The zero-order valence-electron chi connectivity index (χ0n) is 53.4. The van der Waals surface area contributed by atoms with Crippen molar-refractivity contribution in [2.45, 2.75) is 339 Å². The zero-order chi connectivity index (χ0) is 60.0. The molecule has 0 bridgehead atoms. The highest BCUT2D eigenvalue weighted by molar-refractivity contribution is 5.76. The van der Waals surface area contributed by atoms with Crippen molar-refractivity contribution in [3.8, 4) is 0 Å². The number of rotatable bonds is 59. The van der Waals surface area contributed by atoms with Gasteiger partial charge in [0.1, 0.15) is 24.4 Å². The van der Waals surface area contributed by atoms with E-state index in [1.54, 1.807) is 0 Å². The molecule has 0 aliphatic carbocycles. The molecule has 0 aromatic heterocycles. The van der Waals surface area contributed by atoms with Crippen LogP contribution in [0, 0.1) is 0 Å². The van der Waals surface area contributed by atoms with Crippen molar-refractivity contribution in [1.29, 1.82) is 0 Å². The predicted molar refractivity (Wildman–Crippen MR) is 354 cm³/mol. The fourth-order valence-electron chi connectivity index (χ4n) is 10.5. The van der Waals surface area contributed by atoms with Crippen LogP contribution in [0.15, 0.2) is 109 Å². The quantitative estimate of drug-likeness (QED) is 0.0261. The Labute approximate surface area is 510 Å². The molecule has 7 unspecified atom stereocenters. The van der Waals surface area contributed by atoms with Gasteiger partial charge in [0, 0.05) is 6.42 Å². The monoisotopic (exact) mass is 1160 g/mol. The molecule has 1 saturated heterocycles. The average molecular weight is 1160 g/mol. The van der Waals surface area contributed by atoms with Crippen molar-refractivity contribution in [3.63, 3.8) is 0 Å². The van der Waals surface area contributed by atoms with Gasteiger partial charge in [0.05, 0.1) is 25.4 Å². The van der Waals surface area contributed by atoms with Gasteiger partial charge < -0.3 is 40.3 Å². The first kappa shape index (κ1) is 77.9. The summed E-state index contributed by atoms with van der Waals surface area (Å²) < 4.78 is 11.4. The molecule has 0 aromatic carbocycles. The van der Waals surface area contributed by atoms with Gasteiger partial charge in [-0.25, -0.2) is 0 Å². The topological polar surface area (TPSA) is 149 Å². The Morgan fingerprint density at radius 1 is 0.422 bits per heavy atom. The average Bonchev–Trinajstić information content (AvgIpc) is 3.61. The molecule has 9 nitrogen and oxygen atoms in total. The molecule has 1 rings (SSSR count). The van der Waals surface area contributed by atoms with Crippen LogP contribution in [0.1, 0.15) is 296 Å². The number of hydrogen-bond donors (Lipinski definition) is 6. The minimum absolute atomic E-state index is 0.152. The number of hydrogen-bond acceptors (Lipinski definition) is 8. The number of carbonyl (C=O) groups is 1. The molecule has 1 aliphatic heterocycles. The summed E-state index contributed by atoms with van der Waals surface area (Å²) in [6.07, 6.45) is 84.2. The van der Waals surface area contributed by atoms with Gasteiger partial charge in [-0.1, -0.05) is 316 Å². The van der Waals surface area contributed by atoms with Crippen LogP contribution in [0.4, 0.5) is 0 Å². The summed E-state index contributed by atoms with van der Waals surface area (Å²) in [7, 11) is 0. The van der Waals surface area contributed by atoms with Crippen LogP contribution in [0.3, 0.4) is 0 Å². The number of aliphatic hydroxyl groups is 5. The van der Waals surface area contributed by atoms with Gasteiger partial charge in [0.25, 0.3) is 0 Å². The number of amides is 1. The van der Waals surface area contributed by atoms with E-state index in [4.69, 9.17) is 9.47 Å². The SMILES string of the molecule is CC/C=C\C/C=C\C/C=C\C/C=C\C/C=C\C/C=C\C/C=C\C/C=C\C/C=C\CCCCCCCC(=O)NC(COC1OC(CO)C(O)C(O)C1O)C(O)CCCCCCCCCCCCCCCCCCCCCCCCCCCCC. The molecule has 9 heteroatoms. The molecule has 0 spiro atoms. The Morgan fingerprint density at radius 3 is 1.11 bits per heavy atom. The fourth-order valence-corrected chi connectivity index (χ4v) is 10.5. The Kier molecular flexibility index (Phi) is 58.1. The highest BCUT2D eigenvalue weighted by atomic mass is 16.7. The van der Waals surface area contributed by atoms with Crippen LogP contribution in [0.2, 0.25) is 0 Å². The molecule has 7 atom stereocenters. The van der Waals surface area contributed by atoms with E-state index in [0.717, 1.165) is 116 Å². The Balaban J connectivity index is 2.18. The third kappa shape index (κ3) is 50.7. The molecule has 6 N–H and O–H groups in total. The van der Waals surface area contributed by atoms with Gasteiger partial charge in [0.2, 0.25) is 5.91 Å². The van der Waals surface area contributed by atoms with E-state index in [9.17, 15) is 30.3 Å². The first-order valence-corrected chi connectivity index (χ1v) is 34.6. The van der Waals surface area contributed by atoms with E-state index >= 15 is 0 Å². The first-order chi connectivity index (χ1) is 40.8. The van der Waals surface area contributed by atoms with Crippen molar-refractivity contribution in [2.24, 2.45) is 0 Å². The van der Waals surface area contributed by atoms with E-state index in [-0.39, 0.29) is 12.5 Å². The third-order valence-corrected chi connectivity index (χ3v) is 15.9. The zero-order valence-corrected chi connectivity index (χ0v) is 53.4. The number of carbonyl (C=O) groups excluding carboxylic acids is 1. The van der Waals surface area contributed by atoms with Gasteiger partial charge in [-0.15, -0.1) is 0 Å². The Bertz CT molecular complexity index is 1680. The molecule has 0 saturated carbocycles. The Hall–Kier alpha value is -3.15. The standard InChI is InChI=1S/C74H129NO8/c1-3-5-7-9-11-13-15-17-19-21-23-25-27-29-31-32-33-34-35-36-38-40-42-44-46-48-50-52-54-56-58-60-62-64-70(78)75-67(66-82-74-73(81)72(80)71(79)69(65-76)83-74)68(77)63-61-59-57-55-53-51-49-47-45-43-41-39-37-30-28-26-24-22-20-18-16-14-12-10-8-6-4-2/h5,7,11,13,17,19,23,25,29,31,33-34,36,38,42,44,48,50,67-69,71-74,76-77,79-81H,3-4,6,8-10,12,14-16,18,20-22,24,26-28,30,32,35,37,39-41,43,45-47,49,51-66H2,1-2H3,(H,75,78)/b7-5-,13-11-,19-17-,25-23-,31-29-,34-33-,38-36-,44-42-,50-48-. The highest BCUT2D eigenvalue weighted by Crippen LogP contribution is 2.23. The summed E-state index contributed by atoms with van der Waals surface area (Å²) in [4.78, 5) is 13.1. The van der Waals surface area contributed by atoms with Crippen LogP contribution in [-0.4, -0.2) is 87.5 Å². The fraction of sp³-hybridized carbons (Fsp3) is 0.743. The lowest BCUT2D eigenvalue weighted by molar-refractivity contribution is -0.302. The molecule has 1 amide bonds. The summed E-state index contributed by atoms with van der Waals surface area (Å²) >= 11 is 0. The molecule has 1 aliphatic rings. The molecule has 478 valence electrons. The van der Waals surface area contributed by atoms with Crippen molar-refractivity contribution >= 4 is 5.91 Å². The molecule has 1 fully saturated rings. The van der Waals surface area contributed by atoms with E-state index in [2.05, 4.69) is 129 Å². The van der Waals surface area contributed by atoms with Crippen LogP contribution >= 0.6 is 0 Å². The first-order valence-electron chi connectivity index (χ1n) is 34.6. The molecule has 0 aromatic rings. The maximum absolute atomic E-state index is 13.1. The Morgan fingerprint density at radius 2 is 0.747 bits per heavy atom. The van der Waals surface area contributed by atoms with Gasteiger partial charge >= 0.3 is 0 Å². The molecule has 0 radical (unpaired) electrons. The minimum Gasteiger partial charge on any atom is -0.394 e. The summed E-state index contributed by atoms with van der Waals surface area (Å²) in [6, 6.07) is -0.740. The second-order valence-corrected chi connectivity index (χ2v) is 23.6. The second kappa shape index (κ2) is 61.9. The van der Waals surface area contributed by atoms with Crippen molar-refractivity contribution in [1.82, 2.24) is 5.32 Å². The van der Waals surface area contributed by atoms with Crippen molar-refractivity contribution < 1.29 is 39.8 Å². The summed E-state index contributed by atoms with van der Waals surface area (Å²) in [6.45, 7) is 3.74. The number of unbranched alkanes of at least 4 members (excludes halogenated alkanes) is 31. The van der Waals surface area contributed by atoms with Crippen LogP contribution < -0.4 is 5.32 Å². The van der Waals surface area contributed by atoms with Gasteiger partial charge in [-0.05, 0) is 83.5 Å². The van der Waals surface area contributed by atoms with E-state index in [1.807, 2.05) is 0 Å². The minimum atomic E-state index is -1.57. The smallest absolute Gasteiger partial charge is 0.220 e. The van der Waals surface area contributed by atoms with Crippen LogP contribution in [0.25, 0.3) is 0 Å². The molecular weight excluding hydrogens is 1030 g/mol. The number of allylic oxidation sites excluding steroid dienone is 18.